The van der Waals surface area contributed by atoms with Crippen LogP contribution in [0.1, 0.15) is 27.9 Å². The lowest BCUT2D eigenvalue weighted by Gasteiger charge is -2.24. The minimum Gasteiger partial charge on any atom is -0.332 e. The van der Waals surface area contributed by atoms with Crippen LogP contribution in [0.4, 0.5) is 0 Å². The van der Waals surface area contributed by atoms with E-state index >= 15 is 0 Å². The molecule has 0 bridgehead atoms. The summed E-state index contributed by atoms with van der Waals surface area (Å²) in [5.41, 5.74) is 1.92. The van der Waals surface area contributed by atoms with Crippen LogP contribution in [0.3, 0.4) is 0 Å². The smallest absolute Gasteiger partial charge is 0.267 e. The third-order valence-electron chi connectivity index (χ3n) is 3.41. The summed E-state index contributed by atoms with van der Waals surface area (Å²) in [6.45, 7) is 4.11. The number of hydrogen-bond acceptors (Lipinski definition) is 5. The molecule has 0 aliphatic carbocycles. The molecule has 5 nitrogen and oxygen atoms in total. The van der Waals surface area contributed by atoms with E-state index in [2.05, 4.69) is 14.5 Å². The number of rotatable bonds is 7. The number of aryl methyl sites for hydroxylation is 1. The Bertz CT molecular complexity index is 597. The zero-order chi connectivity index (χ0) is 15.9. The van der Waals surface area contributed by atoms with Crippen LogP contribution in [0.2, 0.25) is 0 Å². The largest absolute Gasteiger partial charge is 0.332 e. The van der Waals surface area contributed by atoms with Crippen LogP contribution in [0, 0.1) is 0 Å². The summed E-state index contributed by atoms with van der Waals surface area (Å²) in [4.78, 5) is 17.5. The fourth-order valence-corrected chi connectivity index (χ4v) is 2.84. The van der Waals surface area contributed by atoms with Gasteiger partial charge in [-0.05, 0) is 37.6 Å². The van der Waals surface area contributed by atoms with E-state index in [1.165, 1.54) is 11.5 Å². The summed E-state index contributed by atoms with van der Waals surface area (Å²) < 4.78 is 3.93. The molecule has 0 fully saturated rings. The number of carbonyl (C=O) groups is 1. The fourth-order valence-electron chi connectivity index (χ4n) is 2.12. The van der Waals surface area contributed by atoms with Gasteiger partial charge in [-0.2, -0.15) is 0 Å². The SMILES string of the molecule is CCc1nnsc1C(=O)N(CCN(C)C)Cc1ccccc1. The summed E-state index contributed by atoms with van der Waals surface area (Å²) >= 11 is 1.19. The third-order valence-corrected chi connectivity index (χ3v) is 4.16. The van der Waals surface area contributed by atoms with Crippen molar-refractivity contribution in [1.29, 1.82) is 0 Å². The molecule has 6 heteroatoms. The summed E-state index contributed by atoms with van der Waals surface area (Å²) in [7, 11) is 4.02. The van der Waals surface area contributed by atoms with Gasteiger partial charge in [0.05, 0.1) is 5.69 Å². The number of likely N-dealkylation sites (N-methyl/N-ethyl adjacent to an activating group) is 1. The molecule has 1 aromatic heterocycles. The number of aromatic nitrogens is 2. The quantitative estimate of drug-likeness (QED) is 0.786. The molecule has 0 N–H and O–H groups in total. The van der Waals surface area contributed by atoms with Crippen molar-refractivity contribution in [3.8, 4) is 0 Å². The third kappa shape index (κ3) is 4.35. The lowest BCUT2D eigenvalue weighted by molar-refractivity contribution is 0.0735. The van der Waals surface area contributed by atoms with Gasteiger partial charge in [-0.1, -0.05) is 41.7 Å². The highest BCUT2D eigenvalue weighted by atomic mass is 32.1. The summed E-state index contributed by atoms with van der Waals surface area (Å²) in [5, 5.41) is 4.05. The summed E-state index contributed by atoms with van der Waals surface area (Å²) in [6.07, 6.45) is 0.727. The minimum absolute atomic E-state index is 0.0255. The second-order valence-electron chi connectivity index (χ2n) is 5.42. The number of nitrogens with zero attached hydrogens (tertiary/aromatic N) is 4. The second kappa shape index (κ2) is 8.00. The topological polar surface area (TPSA) is 49.3 Å². The Morgan fingerprint density at radius 3 is 2.55 bits per heavy atom. The maximum atomic E-state index is 12.8. The lowest BCUT2D eigenvalue weighted by Crippen LogP contribution is -2.36. The summed E-state index contributed by atoms with van der Waals surface area (Å²) in [5.74, 6) is 0.0255. The van der Waals surface area contributed by atoms with Crippen LogP contribution in [-0.4, -0.2) is 52.5 Å². The summed E-state index contributed by atoms with van der Waals surface area (Å²) in [6, 6.07) is 10.1. The van der Waals surface area contributed by atoms with Crippen LogP contribution >= 0.6 is 11.5 Å². The molecule has 0 saturated heterocycles. The molecular weight excluding hydrogens is 296 g/mol. The van der Waals surface area contributed by atoms with Crippen LogP contribution in [0.25, 0.3) is 0 Å². The highest BCUT2D eigenvalue weighted by Crippen LogP contribution is 2.16. The molecule has 1 heterocycles. The van der Waals surface area contributed by atoms with Crippen LogP contribution < -0.4 is 0 Å². The molecule has 0 atom stereocenters. The maximum Gasteiger partial charge on any atom is 0.267 e. The van der Waals surface area contributed by atoms with Crippen molar-refractivity contribution in [1.82, 2.24) is 19.4 Å². The molecule has 0 spiro atoms. The normalized spacial score (nSPS) is 10.9. The Labute approximate surface area is 135 Å². The first-order valence-corrected chi connectivity index (χ1v) is 8.18. The van der Waals surface area contributed by atoms with Crippen LogP contribution in [-0.2, 0) is 13.0 Å². The van der Waals surface area contributed by atoms with Gasteiger partial charge in [0.1, 0.15) is 4.88 Å². The van der Waals surface area contributed by atoms with Gasteiger partial charge in [0.2, 0.25) is 0 Å². The molecule has 2 aromatic rings. The first-order valence-electron chi connectivity index (χ1n) is 7.41. The van der Waals surface area contributed by atoms with Crippen molar-refractivity contribution in [3.05, 3.63) is 46.5 Å². The fraction of sp³-hybridized carbons (Fsp3) is 0.438. The predicted molar refractivity (Wildman–Crippen MR) is 89.0 cm³/mol. The van der Waals surface area contributed by atoms with Crippen molar-refractivity contribution in [2.75, 3.05) is 27.2 Å². The molecule has 0 unspecified atom stereocenters. The average Bonchev–Trinajstić information content (AvgIpc) is 3.00. The molecule has 118 valence electrons. The molecule has 0 saturated carbocycles. The van der Waals surface area contributed by atoms with Gasteiger partial charge >= 0.3 is 0 Å². The average molecular weight is 318 g/mol. The van der Waals surface area contributed by atoms with Crippen molar-refractivity contribution in [3.63, 3.8) is 0 Å². The highest BCUT2D eigenvalue weighted by molar-refractivity contribution is 7.07. The van der Waals surface area contributed by atoms with Gasteiger partial charge in [-0.15, -0.1) is 5.10 Å². The molecule has 1 amide bonds. The molecule has 0 aliphatic heterocycles. The molecule has 1 aromatic carbocycles. The van der Waals surface area contributed by atoms with E-state index in [9.17, 15) is 4.79 Å². The predicted octanol–water partition coefficient (Wildman–Crippen LogP) is 2.30. The lowest BCUT2D eigenvalue weighted by atomic mass is 10.2. The first kappa shape index (κ1) is 16.6. The van der Waals surface area contributed by atoms with Crippen LogP contribution in [0.15, 0.2) is 30.3 Å². The highest BCUT2D eigenvalue weighted by Gasteiger charge is 2.21. The van der Waals surface area contributed by atoms with E-state index in [0.717, 1.165) is 24.2 Å². The molecule has 0 radical (unpaired) electrons. The Balaban J connectivity index is 2.17. The number of hydrogen-bond donors (Lipinski definition) is 0. The Hall–Kier alpha value is -1.79. The van der Waals surface area contributed by atoms with Gasteiger partial charge in [-0.25, -0.2) is 0 Å². The second-order valence-corrected chi connectivity index (χ2v) is 6.17. The van der Waals surface area contributed by atoms with Gasteiger partial charge in [0.25, 0.3) is 5.91 Å². The maximum absolute atomic E-state index is 12.8. The van der Waals surface area contributed by atoms with E-state index in [4.69, 9.17) is 0 Å². The van der Waals surface area contributed by atoms with E-state index in [0.29, 0.717) is 18.0 Å². The molecule has 22 heavy (non-hydrogen) atoms. The van der Waals surface area contributed by atoms with Gasteiger partial charge in [0, 0.05) is 19.6 Å². The van der Waals surface area contributed by atoms with Gasteiger partial charge in [0.15, 0.2) is 0 Å². The van der Waals surface area contributed by atoms with Crippen molar-refractivity contribution in [2.45, 2.75) is 19.9 Å². The Morgan fingerprint density at radius 2 is 1.91 bits per heavy atom. The first-order chi connectivity index (χ1) is 10.6. The Kier molecular flexibility index (Phi) is 6.03. The van der Waals surface area contributed by atoms with Gasteiger partial charge in [-0.3, -0.25) is 4.79 Å². The van der Waals surface area contributed by atoms with E-state index in [-0.39, 0.29) is 5.91 Å². The molecule has 2 rings (SSSR count). The monoisotopic (exact) mass is 318 g/mol. The Morgan fingerprint density at radius 1 is 1.18 bits per heavy atom. The zero-order valence-electron chi connectivity index (χ0n) is 13.3. The standard InChI is InChI=1S/C16H22N4OS/c1-4-14-15(22-18-17-14)16(21)20(11-10-19(2)3)12-13-8-6-5-7-9-13/h5-9H,4,10-12H2,1-3H3. The molecule has 0 aliphatic rings. The van der Waals surface area contributed by atoms with Crippen LogP contribution in [0.5, 0.6) is 0 Å². The minimum atomic E-state index is 0.0255. The van der Waals surface area contributed by atoms with Crippen molar-refractivity contribution < 1.29 is 4.79 Å². The van der Waals surface area contributed by atoms with E-state index < -0.39 is 0 Å². The number of carbonyl (C=O) groups excluding carboxylic acids is 1. The van der Waals surface area contributed by atoms with Crippen molar-refractivity contribution >= 4 is 17.4 Å². The number of benzene rings is 1. The van der Waals surface area contributed by atoms with Crippen molar-refractivity contribution in [2.24, 2.45) is 0 Å². The van der Waals surface area contributed by atoms with E-state index in [1.807, 2.05) is 56.3 Å². The zero-order valence-corrected chi connectivity index (χ0v) is 14.1. The molecular formula is C16H22N4OS. The van der Waals surface area contributed by atoms with Gasteiger partial charge < -0.3 is 9.80 Å². The van der Waals surface area contributed by atoms with E-state index in [1.54, 1.807) is 0 Å². The number of amides is 1.